The van der Waals surface area contributed by atoms with Crippen molar-refractivity contribution >= 4 is 35.8 Å². The number of nitrogens with one attached hydrogen (secondary N) is 2. The van der Waals surface area contributed by atoms with E-state index in [0.29, 0.717) is 6.54 Å². The van der Waals surface area contributed by atoms with Crippen LogP contribution in [0.25, 0.3) is 0 Å². The van der Waals surface area contributed by atoms with Gasteiger partial charge in [0.25, 0.3) is 0 Å². The molecule has 1 atom stereocenters. The van der Waals surface area contributed by atoms with Crippen molar-refractivity contribution in [2.45, 2.75) is 50.3 Å². The summed E-state index contributed by atoms with van der Waals surface area (Å²) in [6, 6.07) is 12.7. The molecule has 0 bridgehead atoms. The first-order valence-electron chi connectivity index (χ1n) is 11.8. The number of rotatable bonds is 4. The van der Waals surface area contributed by atoms with Gasteiger partial charge in [-0.25, -0.2) is 4.98 Å². The molecule has 3 heterocycles. The van der Waals surface area contributed by atoms with Crippen LogP contribution < -0.4 is 20.3 Å². The largest absolute Gasteiger partial charge is 0.487 e. The zero-order valence-electron chi connectivity index (χ0n) is 19.3. The van der Waals surface area contributed by atoms with Crippen LogP contribution in [0.5, 0.6) is 5.75 Å². The normalized spacial score (nSPS) is 21.7. The molecule has 33 heavy (non-hydrogen) atoms. The van der Waals surface area contributed by atoms with Crippen LogP contribution in [0.1, 0.15) is 49.3 Å². The van der Waals surface area contributed by atoms with Gasteiger partial charge >= 0.3 is 0 Å². The van der Waals surface area contributed by atoms with Gasteiger partial charge in [-0.05, 0) is 37.8 Å². The quantitative estimate of drug-likeness (QED) is 0.333. The number of ether oxygens (including phenoxy) is 2. The number of guanidine groups is 1. The molecule has 2 fully saturated rings. The molecular weight excluding hydrogens is 529 g/mol. The van der Waals surface area contributed by atoms with Crippen LogP contribution >= 0.6 is 24.0 Å². The Morgan fingerprint density at radius 1 is 1.15 bits per heavy atom. The van der Waals surface area contributed by atoms with Crippen LogP contribution in [0.15, 0.2) is 47.6 Å². The third-order valence-electron chi connectivity index (χ3n) is 6.87. The van der Waals surface area contributed by atoms with Crippen molar-refractivity contribution < 1.29 is 9.47 Å². The molecule has 1 aromatic heterocycles. The molecule has 1 spiro atoms. The van der Waals surface area contributed by atoms with E-state index in [1.807, 2.05) is 19.3 Å². The summed E-state index contributed by atoms with van der Waals surface area (Å²) in [7, 11) is 1.83. The number of halogens is 1. The summed E-state index contributed by atoms with van der Waals surface area (Å²) in [5.41, 5.74) is 2.33. The highest BCUT2D eigenvalue weighted by atomic mass is 127. The summed E-state index contributed by atoms with van der Waals surface area (Å²) in [6.07, 6.45) is 7.58. The van der Waals surface area contributed by atoms with Gasteiger partial charge in [-0.1, -0.05) is 24.3 Å². The number of morpholine rings is 1. The minimum atomic E-state index is -0.0439. The monoisotopic (exact) mass is 563 g/mol. The maximum absolute atomic E-state index is 6.51. The Morgan fingerprint density at radius 3 is 2.73 bits per heavy atom. The zero-order valence-corrected chi connectivity index (χ0v) is 21.6. The lowest BCUT2D eigenvalue weighted by Crippen LogP contribution is -2.46. The van der Waals surface area contributed by atoms with Gasteiger partial charge in [-0.3, -0.25) is 4.99 Å². The van der Waals surface area contributed by atoms with Crippen molar-refractivity contribution in [2.75, 3.05) is 38.3 Å². The number of para-hydroxylation sites is 1. The zero-order chi connectivity index (χ0) is 21.8. The Labute approximate surface area is 213 Å². The molecular formula is C25H34IN5O2. The number of hydrogen-bond acceptors (Lipinski definition) is 5. The van der Waals surface area contributed by atoms with Crippen LogP contribution in [0.2, 0.25) is 0 Å². The van der Waals surface area contributed by atoms with Crippen LogP contribution in [-0.2, 0) is 11.3 Å². The molecule has 5 rings (SSSR count). The van der Waals surface area contributed by atoms with Gasteiger partial charge in [0.05, 0.1) is 19.3 Å². The minimum Gasteiger partial charge on any atom is -0.487 e. The molecule has 8 heteroatoms. The molecule has 1 saturated heterocycles. The van der Waals surface area contributed by atoms with E-state index >= 15 is 0 Å². The first-order valence-corrected chi connectivity index (χ1v) is 11.8. The summed E-state index contributed by atoms with van der Waals surface area (Å²) < 4.78 is 12.0. The van der Waals surface area contributed by atoms with E-state index in [1.54, 1.807) is 0 Å². The van der Waals surface area contributed by atoms with Crippen molar-refractivity contribution in [2.24, 2.45) is 4.99 Å². The van der Waals surface area contributed by atoms with E-state index in [1.165, 1.54) is 18.4 Å². The van der Waals surface area contributed by atoms with Gasteiger partial charge in [0, 0.05) is 50.4 Å². The van der Waals surface area contributed by atoms with Gasteiger partial charge < -0.3 is 25.0 Å². The fourth-order valence-corrected chi connectivity index (χ4v) is 5.24. The molecule has 0 radical (unpaired) electrons. The maximum Gasteiger partial charge on any atom is 0.191 e. The molecule has 2 N–H and O–H groups in total. The van der Waals surface area contributed by atoms with Gasteiger partial charge in [0.15, 0.2) is 5.96 Å². The van der Waals surface area contributed by atoms with E-state index in [0.717, 1.165) is 68.7 Å². The number of pyridine rings is 1. The highest BCUT2D eigenvalue weighted by Gasteiger charge is 2.43. The number of hydrogen-bond donors (Lipinski definition) is 2. The molecule has 1 aliphatic carbocycles. The van der Waals surface area contributed by atoms with E-state index in [2.05, 4.69) is 55.8 Å². The second-order valence-electron chi connectivity index (χ2n) is 8.94. The van der Waals surface area contributed by atoms with Gasteiger partial charge in [-0.2, -0.15) is 0 Å². The summed E-state index contributed by atoms with van der Waals surface area (Å²) in [6.45, 7) is 3.90. The molecule has 3 aliphatic rings. The van der Waals surface area contributed by atoms with Crippen molar-refractivity contribution in [3.05, 3.63) is 53.7 Å². The standard InChI is InChI=1S/C25H33N5O2.HI/c1-26-24(28-18-19-7-6-12-27-23(19)30-13-15-31-16-14-30)29-21-17-25(10-4-5-11-25)32-22-9-3-2-8-20(21)22;/h2-3,6-9,12,21H,4-5,10-11,13-18H2,1H3,(H2,26,28,29);1H. The van der Waals surface area contributed by atoms with E-state index in [9.17, 15) is 0 Å². The van der Waals surface area contributed by atoms with Crippen LogP contribution in [0.4, 0.5) is 5.82 Å². The highest BCUT2D eigenvalue weighted by molar-refractivity contribution is 14.0. The van der Waals surface area contributed by atoms with Crippen molar-refractivity contribution in [3.8, 4) is 5.75 Å². The predicted molar refractivity (Wildman–Crippen MR) is 142 cm³/mol. The van der Waals surface area contributed by atoms with Crippen LogP contribution in [0, 0.1) is 0 Å². The number of benzene rings is 1. The second kappa shape index (κ2) is 10.9. The SMILES string of the molecule is CN=C(NCc1cccnc1N1CCOCC1)NC1CC2(CCCC2)Oc2ccccc21.I. The second-order valence-corrected chi connectivity index (χ2v) is 8.94. The Balaban J connectivity index is 0.00000259. The topological polar surface area (TPSA) is 71.0 Å². The summed E-state index contributed by atoms with van der Waals surface area (Å²) >= 11 is 0. The Kier molecular flexibility index (Phi) is 7.95. The smallest absolute Gasteiger partial charge is 0.191 e. The van der Waals surface area contributed by atoms with E-state index < -0.39 is 0 Å². The van der Waals surface area contributed by atoms with Crippen molar-refractivity contribution in [1.82, 2.24) is 15.6 Å². The van der Waals surface area contributed by atoms with E-state index in [-0.39, 0.29) is 35.6 Å². The Hall–Kier alpha value is -2.07. The molecule has 0 amide bonds. The molecule has 178 valence electrons. The number of fused-ring (bicyclic) bond motifs is 1. The molecule has 1 saturated carbocycles. The average Bonchev–Trinajstić information content (AvgIpc) is 3.29. The average molecular weight is 563 g/mol. The van der Waals surface area contributed by atoms with Gasteiger partial charge in [-0.15, -0.1) is 24.0 Å². The number of aromatic nitrogens is 1. The number of nitrogens with zero attached hydrogens (tertiary/aromatic N) is 3. The highest BCUT2D eigenvalue weighted by Crippen LogP contribution is 2.46. The molecule has 1 unspecified atom stereocenters. The van der Waals surface area contributed by atoms with E-state index in [4.69, 9.17) is 9.47 Å². The third kappa shape index (κ3) is 5.37. The summed E-state index contributed by atoms with van der Waals surface area (Å²) in [4.78, 5) is 11.5. The number of aliphatic imine (C=N–C) groups is 1. The summed E-state index contributed by atoms with van der Waals surface area (Å²) in [5.74, 6) is 2.84. The van der Waals surface area contributed by atoms with Gasteiger partial charge in [0.1, 0.15) is 17.2 Å². The minimum absolute atomic E-state index is 0. The van der Waals surface area contributed by atoms with Gasteiger partial charge in [0.2, 0.25) is 0 Å². The molecule has 2 aromatic rings. The number of anilines is 1. The lowest BCUT2D eigenvalue weighted by molar-refractivity contribution is 0.0396. The molecule has 2 aliphatic heterocycles. The summed E-state index contributed by atoms with van der Waals surface area (Å²) in [5, 5.41) is 7.21. The predicted octanol–water partition coefficient (Wildman–Crippen LogP) is 4.04. The first kappa shape index (κ1) is 24.1. The molecule has 7 nitrogen and oxygen atoms in total. The fraction of sp³-hybridized carbons (Fsp3) is 0.520. The maximum atomic E-state index is 6.51. The van der Waals surface area contributed by atoms with Crippen LogP contribution in [-0.4, -0.2) is 49.9 Å². The van der Waals surface area contributed by atoms with Crippen molar-refractivity contribution in [1.29, 1.82) is 0 Å². The third-order valence-corrected chi connectivity index (χ3v) is 6.87. The lowest BCUT2D eigenvalue weighted by Gasteiger charge is -2.40. The molecule has 1 aromatic carbocycles. The van der Waals surface area contributed by atoms with Crippen LogP contribution in [0.3, 0.4) is 0 Å². The Morgan fingerprint density at radius 2 is 1.94 bits per heavy atom. The van der Waals surface area contributed by atoms with Crippen molar-refractivity contribution in [3.63, 3.8) is 0 Å². The first-order chi connectivity index (χ1) is 15.8. The Bertz CT molecular complexity index is 957. The fourth-order valence-electron chi connectivity index (χ4n) is 5.24. The lowest BCUT2D eigenvalue weighted by atomic mass is 9.86.